The third-order valence-corrected chi connectivity index (χ3v) is 3.12. The Morgan fingerprint density at radius 3 is 2.70 bits per heavy atom. The Balaban J connectivity index is 2.14. The summed E-state index contributed by atoms with van der Waals surface area (Å²) < 4.78 is 13.1. The molecule has 0 fully saturated rings. The summed E-state index contributed by atoms with van der Waals surface area (Å²) in [5.74, 6) is 1.42. The van der Waals surface area contributed by atoms with Crippen LogP contribution < -0.4 is 15.2 Å². The van der Waals surface area contributed by atoms with Gasteiger partial charge in [0.05, 0.1) is 18.5 Å². The van der Waals surface area contributed by atoms with Crippen molar-refractivity contribution in [1.29, 1.82) is 0 Å². The van der Waals surface area contributed by atoms with Gasteiger partial charge in [-0.3, -0.25) is 4.68 Å². The van der Waals surface area contributed by atoms with Gasteiger partial charge in [-0.05, 0) is 37.6 Å². The lowest BCUT2D eigenvalue weighted by atomic mass is 10.2. The van der Waals surface area contributed by atoms with E-state index in [4.69, 9.17) is 15.2 Å². The van der Waals surface area contributed by atoms with E-state index in [2.05, 4.69) is 12.0 Å². The van der Waals surface area contributed by atoms with Crippen LogP contribution in [0.1, 0.15) is 23.9 Å². The lowest BCUT2D eigenvalue weighted by molar-refractivity contribution is 0.274. The Hall–Kier alpha value is -2.01. The molecule has 0 saturated carbocycles. The molecule has 0 atom stereocenters. The second kappa shape index (κ2) is 6.43. The second-order valence-corrected chi connectivity index (χ2v) is 4.57. The maximum atomic E-state index is 5.84. The number of aromatic nitrogens is 2. The molecule has 0 spiro atoms. The van der Waals surface area contributed by atoms with Crippen molar-refractivity contribution in [3.05, 3.63) is 41.2 Å². The lowest BCUT2D eigenvalue weighted by Crippen LogP contribution is -2.07. The fourth-order valence-corrected chi connectivity index (χ4v) is 2.10. The summed E-state index contributed by atoms with van der Waals surface area (Å²) in [7, 11) is 1.63. The van der Waals surface area contributed by atoms with Crippen LogP contribution in [0.2, 0.25) is 0 Å². The van der Waals surface area contributed by atoms with Crippen molar-refractivity contribution in [2.45, 2.75) is 33.5 Å². The SMILES string of the molecule is CCn1nc(C)cc1COc1ccc(CN)cc1OC. The van der Waals surface area contributed by atoms with Crippen molar-refractivity contribution in [1.82, 2.24) is 9.78 Å². The summed E-state index contributed by atoms with van der Waals surface area (Å²) >= 11 is 0. The average Bonchev–Trinajstić information content (AvgIpc) is 2.85. The van der Waals surface area contributed by atoms with Gasteiger partial charge >= 0.3 is 0 Å². The van der Waals surface area contributed by atoms with Crippen LogP contribution in [0.25, 0.3) is 0 Å². The van der Waals surface area contributed by atoms with E-state index >= 15 is 0 Å². The molecular formula is C15H21N3O2. The highest BCUT2D eigenvalue weighted by molar-refractivity contribution is 5.43. The maximum Gasteiger partial charge on any atom is 0.161 e. The van der Waals surface area contributed by atoms with Gasteiger partial charge in [0.15, 0.2) is 11.5 Å². The summed E-state index contributed by atoms with van der Waals surface area (Å²) in [6.07, 6.45) is 0. The highest BCUT2D eigenvalue weighted by atomic mass is 16.5. The highest BCUT2D eigenvalue weighted by Crippen LogP contribution is 2.28. The Kier molecular flexibility index (Phi) is 4.63. The van der Waals surface area contributed by atoms with E-state index in [1.807, 2.05) is 35.9 Å². The predicted octanol–water partition coefficient (Wildman–Crippen LogP) is 2.26. The van der Waals surface area contributed by atoms with Crippen molar-refractivity contribution >= 4 is 0 Å². The van der Waals surface area contributed by atoms with E-state index in [0.29, 0.717) is 24.7 Å². The first-order valence-corrected chi connectivity index (χ1v) is 6.71. The summed E-state index contributed by atoms with van der Waals surface area (Å²) in [6.45, 7) is 5.82. The van der Waals surface area contributed by atoms with Crippen molar-refractivity contribution in [3.8, 4) is 11.5 Å². The van der Waals surface area contributed by atoms with Gasteiger partial charge in [-0.1, -0.05) is 6.07 Å². The van der Waals surface area contributed by atoms with Gasteiger partial charge in [-0.15, -0.1) is 0 Å². The fraction of sp³-hybridized carbons (Fsp3) is 0.400. The smallest absolute Gasteiger partial charge is 0.161 e. The van der Waals surface area contributed by atoms with Gasteiger partial charge in [0.2, 0.25) is 0 Å². The fourth-order valence-electron chi connectivity index (χ4n) is 2.10. The number of ether oxygens (including phenoxy) is 2. The molecule has 0 bridgehead atoms. The lowest BCUT2D eigenvalue weighted by Gasteiger charge is -2.12. The molecule has 0 aliphatic rings. The minimum atomic E-state index is 0.465. The Morgan fingerprint density at radius 2 is 2.05 bits per heavy atom. The molecular weight excluding hydrogens is 254 g/mol. The van der Waals surface area contributed by atoms with E-state index in [9.17, 15) is 0 Å². The average molecular weight is 275 g/mol. The molecule has 5 nitrogen and oxygen atoms in total. The third kappa shape index (κ3) is 3.11. The first-order valence-electron chi connectivity index (χ1n) is 6.71. The zero-order valence-corrected chi connectivity index (χ0v) is 12.2. The number of methoxy groups -OCH3 is 1. The predicted molar refractivity (Wildman–Crippen MR) is 77.9 cm³/mol. The zero-order chi connectivity index (χ0) is 14.5. The van der Waals surface area contributed by atoms with Crippen LogP contribution >= 0.6 is 0 Å². The van der Waals surface area contributed by atoms with Crippen molar-refractivity contribution in [2.75, 3.05) is 7.11 Å². The van der Waals surface area contributed by atoms with E-state index < -0.39 is 0 Å². The maximum absolute atomic E-state index is 5.84. The molecule has 2 aromatic rings. The minimum Gasteiger partial charge on any atom is -0.493 e. The minimum absolute atomic E-state index is 0.465. The molecule has 0 saturated heterocycles. The van der Waals surface area contributed by atoms with Gasteiger partial charge in [0.1, 0.15) is 6.61 Å². The van der Waals surface area contributed by atoms with Gasteiger partial charge in [-0.2, -0.15) is 5.10 Å². The molecule has 1 aromatic heterocycles. The number of aryl methyl sites for hydroxylation is 2. The summed E-state index contributed by atoms with van der Waals surface area (Å²) in [6, 6.07) is 7.77. The van der Waals surface area contributed by atoms with Gasteiger partial charge in [0, 0.05) is 13.1 Å². The molecule has 0 aliphatic heterocycles. The number of nitrogens with zero attached hydrogens (tertiary/aromatic N) is 2. The molecule has 5 heteroatoms. The standard InChI is InChI=1S/C15H21N3O2/c1-4-18-13(7-11(2)17-18)10-20-14-6-5-12(9-16)8-15(14)19-3/h5-8H,4,9-10,16H2,1-3H3. The van der Waals surface area contributed by atoms with Crippen molar-refractivity contribution < 1.29 is 9.47 Å². The quantitative estimate of drug-likeness (QED) is 0.878. The van der Waals surface area contributed by atoms with Crippen LogP contribution in [-0.4, -0.2) is 16.9 Å². The number of nitrogens with two attached hydrogens (primary N) is 1. The summed E-state index contributed by atoms with van der Waals surface area (Å²) in [5, 5.41) is 4.40. The topological polar surface area (TPSA) is 62.3 Å². The molecule has 108 valence electrons. The molecule has 0 unspecified atom stereocenters. The number of hydrogen-bond acceptors (Lipinski definition) is 4. The molecule has 0 amide bonds. The van der Waals surface area contributed by atoms with Crippen molar-refractivity contribution in [3.63, 3.8) is 0 Å². The number of hydrogen-bond donors (Lipinski definition) is 1. The van der Waals surface area contributed by atoms with Crippen LogP contribution in [0.5, 0.6) is 11.5 Å². The first-order chi connectivity index (χ1) is 9.67. The number of rotatable bonds is 6. The molecule has 20 heavy (non-hydrogen) atoms. The van der Waals surface area contributed by atoms with Gasteiger partial charge in [0.25, 0.3) is 0 Å². The van der Waals surface area contributed by atoms with Crippen LogP contribution in [-0.2, 0) is 19.7 Å². The molecule has 1 aromatic carbocycles. The molecule has 2 N–H and O–H groups in total. The normalized spacial score (nSPS) is 10.6. The van der Waals surface area contributed by atoms with Crippen molar-refractivity contribution in [2.24, 2.45) is 5.73 Å². The Morgan fingerprint density at radius 1 is 1.25 bits per heavy atom. The molecule has 2 rings (SSSR count). The Bertz CT molecular complexity index is 578. The molecule has 1 heterocycles. The second-order valence-electron chi connectivity index (χ2n) is 4.57. The van der Waals surface area contributed by atoms with Crippen LogP contribution in [0.3, 0.4) is 0 Å². The molecule has 0 radical (unpaired) electrons. The van der Waals surface area contributed by atoms with Crippen LogP contribution in [0.15, 0.2) is 24.3 Å². The van der Waals surface area contributed by atoms with E-state index in [0.717, 1.165) is 23.5 Å². The zero-order valence-electron chi connectivity index (χ0n) is 12.2. The van der Waals surface area contributed by atoms with E-state index in [1.165, 1.54) is 0 Å². The number of benzene rings is 1. The molecule has 0 aliphatic carbocycles. The monoisotopic (exact) mass is 275 g/mol. The van der Waals surface area contributed by atoms with Crippen LogP contribution in [0, 0.1) is 6.92 Å². The first kappa shape index (κ1) is 14.4. The van der Waals surface area contributed by atoms with Crippen LogP contribution in [0.4, 0.5) is 0 Å². The third-order valence-electron chi connectivity index (χ3n) is 3.12. The Labute approximate surface area is 119 Å². The summed E-state index contributed by atoms with van der Waals surface area (Å²) in [5.41, 5.74) is 8.69. The van der Waals surface area contributed by atoms with E-state index in [-0.39, 0.29) is 0 Å². The highest BCUT2D eigenvalue weighted by Gasteiger charge is 2.08. The van der Waals surface area contributed by atoms with Gasteiger partial charge < -0.3 is 15.2 Å². The largest absolute Gasteiger partial charge is 0.493 e. The summed E-state index contributed by atoms with van der Waals surface area (Å²) in [4.78, 5) is 0. The van der Waals surface area contributed by atoms with Gasteiger partial charge in [-0.25, -0.2) is 0 Å². The van der Waals surface area contributed by atoms with E-state index in [1.54, 1.807) is 7.11 Å².